The maximum Gasteiger partial charge on any atom is 0.262 e. The van der Waals surface area contributed by atoms with E-state index in [0.717, 1.165) is 28.5 Å². The van der Waals surface area contributed by atoms with E-state index in [9.17, 15) is 0 Å². The molecule has 0 fully saturated rings. The maximum atomic E-state index is 5.54. The molecule has 4 nitrogen and oxygen atoms in total. The Morgan fingerprint density at radius 1 is 1.33 bits per heavy atom. The number of oxazole rings is 1. The first-order valence-corrected chi connectivity index (χ1v) is 6.69. The van der Waals surface area contributed by atoms with Crippen LogP contribution in [0.25, 0.3) is 0 Å². The topological polar surface area (TPSA) is 64.9 Å². The van der Waals surface area contributed by atoms with Crippen molar-refractivity contribution >= 4 is 11.8 Å². The van der Waals surface area contributed by atoms with E-state index in [2.05, 4.69) is 16.0 Å². The Kier molecular flexibility index (Phi) is 4.04. The largest absolute Gasteiger partial charge is 0.436 e. The summed E-state index contributed by atoms with van der Waals surface area (Å²) in [6.07, 6.45) is 2.72. The van der Waals surface area contributed by atoms with Gasteiger partial charge in [0.15, 0.2) is 0 Å². The summed E-state index contributed by atoms with van der Waals surface area (Å²) in [4.78, 5) is 8.78. The van der Waals surface area contributed by atoms with E-state index in [-0.39, 0.29) is 0 Å². The van der Waals surface area contributed by atoms with Gasteiger partial charge >= 0.3 is 0 Å². The highest BCUT2D eigenvalue weighted by molar-refractivity contribution is 7.99. The lowest BCUT2D eigenvalue weighted by atomic mass is 10.2. The molecule has 2 heterocycles. The van der Waals surface area contributed by atoms with Crippen LogP contribution in [-0.2, 0) is 6.42 Å². The molecule has 2 rings (SSSR count). The second-order valence-electron chi connectivity index (χ2n) is 4.23. The van der Waals surface area contributed by atoms with Gasteiger partial charge in [0.05, 0.1) is 5.69 Å². The van der Waals surface area contributed by atoms with Crippen LogP contribution >= 0.6 is 11.8 Å². The molecule has 0 radical (unpaired) electrons. The third kappa shape index (κ3) is 2.91. The summed E-state index contributed by atoms with van der Waals surface area (Å²) < 4.78 is 5.54. The molecule has 0 saturated carbocycles. The highest BCUT2D eigenvalue weighted by Gasteiger charge is 2.10. The Hall–Kier alpha value is -1.33. The molecule has 2 N–H and O–H groups in total. The van der Waals surface area contributed by atoms with Crippen molar-refractivity contribution in [2.24, 2.45) is 5.73 Å². The standard InChI is InChI=1S/C13H17N3OS/c1-8-6-11(4-5-14)7-15-12(8)18-13-16-9(2)10(3)17-13/h6-7H,4-5,14H2,1-3H3. The fraction of sp³-hybridized carbons (Fsp3) is 0.385. The van der Waals surface area contributed by atoms with Gasteiger partial charge in [-0.2, -0.15) is 0 Å². The molecule has 0 aliphatic carbocycles. The third-order valence-electron chi connectivity index (χ3n) is 2.71. The number of nitrogens with zero attached hydrogens (tertiary/aromatic N) is 2. The first-order valence-electron chi connectivity index (χ1n) is 5.87. The van der Waals surface area contributed by atoms with E-state index in [1.807, 2.05) is 27.0 Å². The van der Waals surface area contributed by atoms with Crippen molar-refractivity contribution < 1.29 is 4.42 Å². The first kappa shape index (κ1) is 13.1. The minimum absolute atomic E-state index is 0.645. The van der Waals surface area contributed by atoms with Crippen LogP contribution in [0.2, 0.25) is 0 Å². The van der Waals surface area contributed by atoms with E-state index in [0.29, 0.717) is 11.8 Å². The summed E-state index contributed by atoms with van der Waals surface area (Å²) in [6, 6.07) is 2.12. The quantitative estimate of drug-likeness (QED) is 0.918. The molecule has 2 aromatic rings. The van der Waals surface area contributed by atoms with Gasteiger partial charge < -0.3 is 10.2 Å². The molecular weight excluding hydrogens is 246 g/mol. The molecule has 0 saturated heterocycles. The number of aryl methyl sites for hydroxylation is 3. The maximum absolute atomic E-state index is 5.54. The molecule has 5 heteroatoms. The van der Waals surface area contributed by atoms with Gasteiger partial charge in [-0.05, 0) is 56.6 Å². The Morgan fingerprint density at radius 3 is 2.67 bits per heavy atom. The lowest BCUT2D eigenvalue weighted by molar-refractivity contribution is 0.431. The monoisotopic (exact) mass is 263 g/mol. The van der Waals surface area contributed by atoms with Crippen molar-refractivity contribution in [3.05, 3.63) is 34.8 Å². The zero-order chi connectivity index (χ0) is 13.1. The Labute approximate surface area is 111 Å². The molecule has 18 heavy (non-hydrogen) atoms. The van der Waals surface area contributed by atoms with Gasteiger partial charge in [-0.1, -0.05) is 6.07 Å². The summed E-state index contributed by atoms with van der Waals surface area (Å²) in [5.74, 6) is 0.856. The van der Waals surface area contributed by atoms with Gasteiger partial charge in [-0.15, -0.1) is 0 Å². The molecule has 0 atom stereocenters. The number of nitrogens with two attached hydrogens (primary N) is 1. The lowest BCUT2D eigenvalue weighted by Gasteiger charge is -2.04. The minimum Gasteiger partial charge on any atom is -0.436 e. The van der Waals surface area contributed by atoms with Crippen molar-refractivity contribution in [3.8, 4) is 0 Å². The van der Waals surface area contributed by atoms with Crippen LogP contribution in [0.4, 0.5) is 0 Å². The first-order chi connectivity index (χ1) is 8.60. The SMILES string of the molecule is Cc1cc(CCN)cnc1Sc1nc(C)c(C)o1. The molecule has 2 aromatic heterocycles. The lowest BCUT2D eigenvalue weighted by Crippen LogP contribution is -2.03. The van der Waals surface area contributed by atoms with Crippen molar-refractivity contribution in [3.63, 3.8) is 0 Å². The van der Waals surface area contributed by atoms with E-state index in [1.165, 1.54) is 17.3 Å². The van der Waals surface area contributed by atoms with Crippen LogP contribution in [0.15, 0.2) is 26.9 Å². The molecular formula is C13H17N3OS. The fourth-order valence-electron chi connectivity index (χ4n) is 1.60. The second-order valence-corrected chi connectivity index (χ2v) is 5.17. The Balaban J connectivity index is 2.19. The van der Waals surface area contributed by atoms with Crippen molar-refractivity contribution in [2.45, 2.75) is 37.4 Å². The van der Waals surface area contributed by atoms with Crippen LogP contribution in [0.1, 0.15) is 22.6 Å². The number of pyridine rings is 1. The van der Waals surface area contributed by atoms with E-state index in [4.69, 9.17) is 10.2 Å². The van der Waals surface area contributed by atoms with Gasteiger partial charge in [0.25, 0.3) is 5.22 Å². The Morgan fingerprint density at radius 2 is 2.11 bits per heavy atom. The minimum atomic E-state index is 0.645. The summed E-state index contributed by atoms with van der Waals surface area (Å²) >= 11 is 1.46. The molecule has 0 unspecified atom stereocenters. The third-order valence-corrected chi connectivity index (χ3v) is 3.68. The summed E-state index contributed by atoms with van der Waals surface area (Å²) in [5, 5.41) is 1.57. The number of aromatic nitrogens is 2. The molecule has 0 bridgehead atoms. The van der Waals surface area contributed by atoms with Crippen LogP contribution in [0, 0.1) is 20.8 Å². The van der Waals surface area contributed by atoms with Crippen LogP contribution in [0.5, 0.6) is 0 Å². The molecule has 0 amide bonds. The highest BCUT2D eigenvalue weighted by Crippen LogP contribution is 2.29. The van der Waals surface area contributed by atoms with Gasteiger partial charge in [0.2, 0.25) is 0 Å². The molecule has 0 aromatic carbocycles. The molecule has 0 aliphatic heterocycles. The normalized spacial score (nSPS) is 10.9. The highest BCUT2D eigenvalue weighted by atomic mass is 32.2. The summed E-state index contributed by atoms with van der Waals surface area (Å²) in [7, 11) is 0. The Bertz CT molecular complexity index is 532. The number of hydrogen-bond donors (Lipinski definition) is 1. The number of rotatable bonds is 4. The van der Waals surface area contributed by atoms with E-state index < -0.39 is 0 Å². The van der Waals surface area contributed by atoms with Crippen molar-refractivity contribution in [1.29, 1.82) is 0 Å². The van der Waals surface area contributed by atoms with E-state index in [1.54, 1.807) is 0 Å². The van der Waals surface area contributed by atoms with Gasteiger partial charge in [-0.25, -0.2) is 9.97 Å². The van der Waals surface area contributed by atoms with Gasteiger partial charge in [0.1, 0.15) is 10.8 Å². The summed E-state index contributed by atoms with van der Waals surface area (Å²) in [6.45, 7) is 6.54. The predicted octanol–water partition coefficient (Wildman–Crippen LogP) is 2.65. The molecule has 96 valence electrons. The van der Waals surface area contributed by atoms with E-state index >= 15 is 0 Å². The average molecular weight is 263 g/mol. The van der Waals surface area contributed by atoms with Crippen LogP contribution in [0.3, 0.4) is 0 Å². The fourth-order valence-corrected chi connectivity index (χ4v) is 2.44. The second kappa shape index (κ2) is 5.54. The smallest absolute Gasteiger partial charge is 0.262 e. The predicted molar refractivity (Wildman–Crippen MR) is 71.8 cm³/mol. The zero-order valence-electron chi connectivity index (χ0n) is 10.9. The zero-order valence-corrected chi connectivity index (χ0v) is 11.7. The number of hydrogen-bond acceptors (Lipinski definition) is 5. The average Bonchev–Trinajstić information content (AvgIpc) is 2.62. The van der Waals surface area contributed by atoms with Crippen LogP contribution in [-0.4, -0.2) is 16.5 Å². The summed E-state index contributed by atoms with van der Waals surface area (Å²) in [5.41, 5.74) is 8.75. The van der Waals surface area contributed by atoms with Gasteiger partial charge in [0, 0.05) is 6.20 Å². The molecule has 0 aliphatic rings. The van der Waals surface area contributed by atoms with Crippen molar-refractivity contribution in [2.75, 3.05) is 6.54 Å². The molecule has 0 spiro atoms. The van der Waals surface area contributed by atoms with Crippen LogP contribution < -0.4 is 5.73 Å². The van der Waals surface area contributed by atoms with Crippen molar-refractivity contribution in [1.82, 2.24) is 9.97 Å². The van der Waals surface area contributed by atoms with Gasteiger partial charge in [-0.3, -0.25) is 0 Å².